The van der Waals surface area contributed by atoms with Crippen molar-refractivity contribution in [2.45, 2.75) is 58.5 Å². The molecule has 2 nitrogen and oxygen atoms in total. The van der Waals surface area contributed by atoms with Crippen LogP contribution in [-0.4, -0.2) is 0 Å². The Labute approximate surface area is 153 Å². The van der Waals surface area contributed by atoms with Crippen molar-refractivity contribution in [2.24, 2.45) is 10.2 Å². The van der Waals surface area contributed by atoms with Gasteiger partial charge < -0.3 is 0 Å². The second-order valence-electron chi connectivity index (χ2n) is 8.48. The molecule has 0 fully saturated rings. The number of nitrogens with zero attached hydrogens (tertiary/aromatic N) is 2. The summed E-state index contributed by atoms with van der Waals surface area (Å²) in [6.45, 7) is 12.6. The fourth-order valence-electron chi connectivity index (χ4n) is 2.45. The zero-order valence-corrected chi connectivity index (χ0v) is 16.1. The van der Waals surface area contributed by atoms with Gasteiger partial charge in [-0.25, -0.2) is 0 Å². The third-order valence-electron chi connectivity index (χ3n) is 4.13. The van der Waals surface area contributed by atoms with Gasteiger partial charge in [0.2, 0.25) is 0 Å². The van der Waals surface area contributed by atoms with Crippen LogP contribution in [0.1, 0.15) is 58.2 Å². The van der Waals surface area contributed by atoms with Gasteiger partial charge in [0.25, 0.3) is 0 Å². The number of halogens is 3. The van der Waals surface area contributed by atoms with Gasteiger partial charge in [0.1, 0.15) is 0 Å². The SMILES string of the molecule is CC(C)(C)c1cc(N=Nc2ccccc2C(F)(F)F)cc(C(C)(C)C)c1. The lowest BCUT2D eigenvalue weighted by atomic mass is 9.80. The quantitative estimate of drug-likeness (QED) is 0.489. The first-order chi connectivity index (χ1) is 11.8. The standard InChI is InChI=1S/C21H25F3N2/c1-19(2,3)14-11-15(20(4,5)6)13-16(12-14)25-26-18-10-8-7-9-17(18)21(22,23)24/h7-13H,1-6H3. The number of alkyl halides is 3. The lowest BCUT2D eigenvalue weighted by Crippen LogP contribution is -2.16. The number of azo groups is 1. The highest BCUT2D eigenvalue weighted by Gasteiger charge is 2.33. The minimum atomic E-state index is -4.46. The molecular weight excluding hydrogens is 337 g/mol. The molecule has 140 valence electrons. The monoisotopic (exact) mass is 362 g/mol. The summed E-state index contributed by atoms with van der Waals surface area (Å²) >= 11 is 0. The molecule has 0 N–H and O–H groups in total. The van der Waals surface area contributed by atoms with Crippen LogP contribution in [-0.2, 0) is 17.0 Å². The van der Waals surface area contributed by atoms with Crippen molar-refractivity contribution in [1.29, 1.82) is 0 Å². The molecule has 0 saturated heterocycles. The average Bonchev–Trinajstić information content (AvgIpc) is 2.50. The molecule has 5 heteroatoms. The second-order valence-corrected chi connectivity index (χ2v) is 8.48. The molecule has 0 atom stereocenters. The summed E-state index contributed by atoms with van der Waals surface area (Å²) < 4.78 is 39.3. The van der Waals surface area contributed by atoms with Crippen molar-refractivity contribution in [2.75, 3.05) is 0 Å². The van der Waals surface area contributed by atoms with Crippen LogP contribution >= 0.6 is 0 Å². The van der Waals surface area contributed by atoms with Gasteiger partial charge in [-0.1, -0.05) is 59.7 Å². The average molecular weight is 362 g/mol. The van der Waals surface area contributed by atoms with Gasteiger partial charge in [-0.15, -0.1) is 5.11 Å². The van der Waals surface area contributed by atoms with Crippen molar-refractivity contribution >= 4 is 11.4 Å². The van der Waals surface area contributed by atoms with Gasteiger partial charge in [0.05, 0.1) is 16.9 Å². The van der Waals surface area contributed by atoms with E-state index >= 15 is 0 Å². The van der Waals surface area contributed by atoms with E-state index in [0.717, 1.165) is 17.2 Å². The van der Waals surface area contributed by atoms with Crippen molar-refractivity contribution in [3.8, 4) is 0 Å². The molecular formula is C21H25F3N2. The van der Waals surface area contributed by atoms with Crippen molar-refractivity contribution < 1.29 is 13.2 Å². The van der Waals surface area contributed by atoms with Crippen LogP contribution in [0.3, 0.4) is 0 Å². The number of hydrogen-bond acceptors (Lipinski definition) is 2. The van der Waals surface area contributed by atoms with E-state index in [1.165, 1.54) is 18.2 Å². The summed E-state index contributed by atoms with van der Waals surface area (Å²) in [7, 11) is 0. The predicted molar refractivity (Wildman–Crippen MR) is 99.5 cm³/mol. The first-order valence-corrected chi connectivity index (χ1v) is 8.52. The van der Waals surface area contributed by atoms with E-state index in [1.807, 2.05) is 12.1 Å². The lowest BCUT2D eigenvalue weighted by molar-refractivity contribution is -0.137. The molecule has 0 aliphatic rings. The van der Waals surface area contributed by atoms with Crippen LogP contribution < -0.4 is 0 Å². The Kier molecular flexibility index (Phi) is 5.31. The zero-order valence-electron chi connectivity index (χ0n) is 16.1. The molecule has 0 radical (unpaired) electrons. The van der Waals surface area contributed by atoms with E-state index in [0.29, 0.717) is 5.69 Å². The van der Waals surface area contributed by atoms with Crippen LogP contribution in [0.15, 0.2) is 52.7 Å². The minimum Gasteiger partial charge on any atom is -0.166 e. The Bertz CT molecular complexity index is 775. The minimum absolute atomic E-state index is 0.102. The summed E-state index contributed by atoms with van der Waals surface area (Å²) in [6, 6.07) is 11.1. The van der Waals surface area contributed by atoms with E-state index in [1.54, 1.807) is 0 Å². The third kappa shape index (κ3) is 4.93. The number of benzene rings is 2. The summed E-state index contributed by atoms with van der Waals surface area (Å²) in [6.07, 6.45) is -4.46. The summed E-state index contributed by atoms with van der Waals surface area (Å²) in [5, 5.41) is 8.02. The molecule has 0 aliphatic carbocycles. The van der Waals surface area contributed by atoms with Crippen LogP contribution in [0.4, 0.5) is 24.5 Å². The molecule has 26 heavy (non-hydrogen) atoms. The molecule has 0 heterocycles. The first-order valence-electron chi connectivity index (χ1n) is 8.52. The first kappa shape index (κ1) is 20.1. The van der Waals surface area contributed by atoms with Crippen molar-refractivity contribution in [3.05, 3.63) is 59.2 Å². The number of hydrogen-bond donors (Lipinski definition) is 0. The van der Waals surface area contributed by atoms with Gasteiger partial charge in [-0.3, -0.25) is 0 Å². The molecule has 2 aromatic carbocycles. The van der Waals surface area contributed by atoms with Crippen LogP contribution in [0.25, 0.3) is 0 Å². The van der Waals surface area contributed by atoms with Gasteiger partial charge in [-0.2, -0.15) is 18.3 Å². The van der Waals surface area contributed by atoms with E-state index < -0.39 is 11.7 Å². The van der Waals surface area contributed by atoms with E-state index in [9.17, 15) is 13.2 Å². The van der Waals surface area contributed by atoms with Crippen LogP contribution in [0, 0.1) is 0 Å². The molecule has 0 spiro atoms. The van der Waals surface area contributed by atoms with Crippen molar-refractivity contribution in [1.82, 2.24) is 0 Å². The largest absolute Gasteiger partial charge is 0.418 e. The molecule has 0 saturated carbocycles. The summed E-state index contributed by atoms with van der Waals surface area (Å²) in [4.78, 5) is 0. The summed E-state index contributed by atoms with van der Waals surface area (Å²) in [5.74, 6) is 0. The summed E-state index contributed by atoms with van der Waals surface area (Å²) in [5.41, 5.74) is 1.53. The van der Waals surface area contributed by atoms with Crippen molar-refractivity contribution in [3.63, 3.8) is 0 Å². The smallest absolute Gasteiger partial charge is 0.166 e. The maximum Gasteiger partial charge on any atom is 0.418 e. The van der Waals surface area contributed by atoms with Gasteiger partial charge in [0.15, 0.2) is 0 Å². The molecule has 2 aromatic rings. The molecule has 0 bridgehead atoms. The van der Waals surface area contributed by atoms with Crippen LogP contribution in [0.2, 0.25) is 0 Å². The highest BCUT2D eigenvalue weighted by Crippen LogP contribution is 2.38. The third-order valence-corrected chi connectivity index (χ3v) is 4.13. The Morgan fingerprint density at radius 1 is 0.692 bits per heavy atom. The maximum atomic E-state index is 13.1. The Morgan fingerprint density at radius 3 is 1.65 bits per heavy atom. The van der Waals surface area contributed by atoms with E-state index in [2.05, 4.69) is 57.8 Å². The van der Waals surface area contributed by atoms with Crippen LogP contribution in [0.5, 0.6) is 0 Å². The maximum absolute atomic E-state index is 13.1. The second kappa shape index (κ2) is 6.86. The molecule has 2 rings (SSSR count). The molecule has 0 aromatic heterocycles. The van der Waals surface area contributed by atoms with E-state index in [-0.39, 0.29) is 16.5 Å². The molecule has 0 amide bonds. The fraction of sp³-hybridized carbons (Fsp3) is 0.429. The van der Waals surface area contributed by atoms with E-state index in [4.69, 9.17) is 0 Å². The highest BCUT2D eigenvalue weighted by atomic mass is 19.4. The predicted octanol–water partition coefficient (Wildman–Crippen LogP) is 7.72. The molecule has 0 aliphatic heterocycles. The Morgan fingerprint density at radius 2 is 1.19 bits per heavy atom. The van der Waals surface area contributed by atoms with Gasteiger partial charge >= 0.3 is 6.18 Å². The Hall–Kier alpha value is -2.17. The van der Waals surface area contributed by atoms with Gasteiger partial charge in [-0.05, 0) is 46.2 Å². The Balaban J connectivity index is 2.52. The highest BCUT2D eigenvalue weighted by molar-refractivity contribution is 5.50. The lowest BCUT2D eigenvalue weighted by Gasteiger charge is -2.25. The fourth-order valence-corrected chi connectivity index (χ4v) is 2.45. The molecule has 0 unspecified atom stereocenters. The topological polar surface area (TPSA) is 24.7 Å². The normalized spacial score (nSPS) is 13.4. The van der Waals surface area contributed by atoms with Gasteiger partial charge in [0, 0.05) is 0 Å². The zero-order chi connectivity index (χ0) is 19.8. The number of rotatable bonds is 2.